The molecule has 0 unspecified atom stereocenters. The van der Waals surface area contributed by atoms with E-state index in [9.17, 15) is 4.79 Å². The summed E-state index contributed by atoms with van der Waals surface area (Å²) in [6.45, 7) is 3.82. The minimum absolute atomic E-state index is 0.0859. The zero-order valence-electron chi connectivity index (χ0n) is 17.5. The summed E-state index contributed by atoms with van der Waals surface area (Å²) >= 11 is 2.96. The monoisotopic (exact) mass is 448 g/mol. The van der Waals surface area contributed by atoms with E-state index >= 15 is 0 Å². The van der Waals surface area contributed by atoms with Crippen molar-refractivity contribution < 1.29 is 23.4 Å². The number of rotatable bonds is 9. The third-order valence-corrected chi connectivity index (χ3v) is 5.29. The van der Waals surface area contributed by atoms with Gasteiger partial charge in [-0.05, 0) is 44.4 Å². The number of hydrogen-bond donors (Lipinski definition) is 0. The highest BCUT2D eigenvalue weighted by molar-refractivity contribution is 7.99. The van der Waals surface area contributed by atoms with Crippen LogP contribution < -0.4 is 24.4 Å². The Morgan fingerprint density at radius 2 is 1.73 bits per heavy atom. The predicted molar refractivity (Wildman–Crippen MR) is 121 cm³/mol. The third-order valence-electron chi connectivity index (χ3n) is 4.03. The second-order valence-corrected chi connectivity index (χ2v) is 8.43. The van der Waals surface area contributed by atoms with Crippen LogP contribution in [0.4, 0.5) is 0 Å². The predicted octanol–water partition coefficient (Wildman–Crippen LogP) is 5.45. The fourth-order valence-corrected chi connectivity index (χ4v) is 3.91. The van der Waals surface area contributed by atoms with E-state index in [4.69, 9.17) is 23.4 Å². The molecule has 8 heteroatoms. The fraction of sp³-hybridized carbons (Fsp3) is 0.318. The Bertz CT molecular complexity index is 1060. The molecule has 0 saturated heterocycles. The minimum atomic E-state index is -0.218. The molecular weight excluding hydrogens is 424 g/mol. The molecule has 0 bridgehead atoms. The summed E-state index contributed by atoms with van der Waals surface area (Å²) < 4.78 is 28.3. The summed E-state index contributed by atoms with van der Waals surface area (Å²) in [5.74, 6) is 2.51. The van der Waals surface area contributed by atoms with E-state index in [1.54, 1.807) is 17.8 Å². The highest BCUT2D eigenvalue weighted by Crippen LogP contribution is 2.43. The van der Waals surface area contributed by atoms with Gasteiger partial charge in [0.1, 0.15) is 22.7 Å². The second-order valence-electron chi connectivity index (χ2n) is 6.53. The zero-order chi connectivity index (χ0) is 21.7. The fourth-order valence-electron chi connectivity index (χ4n) is 2.85. The van der Waals surface area contributed by atoms with Crippen molar-refractivity contribution in [3.8, 4) is 23.0 Å². The van der Waals surface area contributed by atoms with Gasteiger partial charge in [0.15, 0.2) is 22.0 Å². The Morgan fingerprint density at radius 1 is 1.03 bits per heavy atom. The Kier molecular flexibility index (Phi) is 7.44. The van der Waals surface area contributed by atoms with Crippen molar-refractivity contribution in [3.63, 3.8) is 0 Å². The van der Waals surface area contributed by atoms with E-state index in [-0.39, 0.29) is 11.5 Å². The number of hydrogen-bond acceptors (Lipinski definition) is 8. The molecule has 0 saturated carbocycles. The van der Waals surface area contributed by atoms with E-state index in [0.29, 0.717) is 39.2 Å². The van der Waals surface area contributed by atoms with Gasteiger partial charge in [0, 0.05) is 17.0 Å². The van der Waals surface area contributed by atoms with Gasteiger partial charge in [0.2, 0.25) is 5.75 Å². The van der Waals surface area contributed by atoms with Crippen LogP contribution in [-0.2, 0) is 0 Å². The summed E-state index contributed by atoms with van der Waals surface area (Å²) in [5.41, 5.74) is 0.156. The van der Waals surface area contributed by atoms with Gasteiger partial charge in [-0.15, -0.1) is 11.8 Å². The molecule has 6 nitrogen and oxygen atoms in total. The van der Waals surface area contributed by atoms with Crippen molar-refractivity contribution >= 4 is 34.5 Å². The molecule has 0 amide bonds. The lowest BCUT2D eigenvalue weighted by Gasteiger charge is -2.17. The molecule has 3 aromatic rings. The molecule has 0 N–H and O–H groups in total. The van der Waals surface area contributed by atoms with Crippen LogP contribution in [0, 0.1) is 0 Å². The molecule has 160 valence electrons. The standard InChI is InChI=1S/C22H24O6S2/c1-13(2)27-18-11-17-20(22(25-4)21(18)24-3)16(23)10-19(28-17)30-15-8-6-14(7-9-15)26-12-29-5/h6-11,13H,12H2,1-5H3. The van der Waals surface area contributed by atoms with Crippen LogP contribution >= 0.6 is 23.5 Å². The van der Waals surface area contributed by atoms with Crippen LogP contribution in [0.1, 0.15) is 13.8 Å². The SMILES string of the molecule is COc1c(OC(C)C)cc2oc(Sc3ccc(OCSC)cc3)cc(=O)c2c1OC. The minimum Gasteiger partial charge on any atom is -0.492 e. The quantitative estimate of drug-likeness (QED) is 0.401. The summed E-state index contributed by atoms with van der Waals surface area (Å²) in [7, 11) is 2.99. The molecule has 0 aliphatic heterocycles. The molecule has 1 heterocycles. The molecule has 0 spiro atoms. The van der Waals surface area contributed by atoms with Crippen LogP contribution in [0.3, 0.4) is 0 Å². The lowest BCUT2D eigenvalue weighted by molar-refractivity contribution is 0.226. The summed E-state index contributed by atoms with van der Waals surface area (Å²) in [4.78, 5) is 13.8. The smallest absolute Gasteiger partial charge is 0.204 e. The van der Waals surface area contributed by atoms with Crippen LogP contribution in [-0.4, -0.2) is 32.5 Å². The second kappa shape index (κ2) is 10.0. The first-order valence-corrected chi connectivity index (χ1v) is 11.5. The van der Waals surface area contributed by atoms with Gasteiger partial charge in [-0.25, -0.2) is 0 Å². The van der Waals surface area contributed by atoms with E-state index in [1.165, 1.54) is 32.0 Å². The van der Waals surface area contributed by atoms with Gasteiger partial charge in [-0.1, -0.05) is 11.8 Å². The first-order chi connectivity index (χ1) is 14.5. The van der Waals surface area contributed by atoms with Gasteiger partial charge >= 0.3 is 0 Å². The Morgan fingerprint density at radius 3 is 2.33 bits per heavy atom. The zero-order valence-corrected chi connectivity index (χ0v) is 19.1. The average molecular weight is 449 g/mol. The Labute approximate surface area is 183 Å². The van der Waals surface area contributed by atoms with E-state index in [2.05, 4.69) is 0 Å². The van der Waals surface area contributed by atoms with Crippen molar-refractivity contribution in [2.24, 2.45) is 0 Å². The number of fused-ring (bicyclic) bond motifs is 1. The highest BCUT2D eigenvalue weighted by Gasteiger charge is 2.21. The van der Waals surface area contributed by atoms with Crippen molar-refractivity contribution in [2.45, 2.75) is 29.9 Å². The molecule has 0 radical (unpaired) electrons. The topological polar surface area (TPSA) is 67.1 Å². The third kappa shape index (κ3) is 4.99. The lowest BCUT2D eigenvalue weighted by Crippen LogP contribution is -2.09. The summed E-state index contributed by atoms with van der Waals surface area (Å²) in [6.07, 6.45) is 1.89. The van der Waals surface area contributed by atoms with Crippen LogP contribution in [0.2, 0.25) is 0 Å². The number of benzene rings is 2. The van der Waals surface area contributed by atoms with Gasteiger partial charge < -0.3 is 23.4 Å². The van der Waals surface area contributed by atoms with Crippen molar-refractivity contribution in [1.29, 1.82) is 0 Å². The van der Waals surface area contributed by atoms with E-state index in [0.717, 1.165) is 10.6 Å². The molecule has 0 atom stereocenters. The molecule has 30 heavy (non-hydrogen) atoms. The van der Waals surface area contributed by atoms with Gasteiger partial charge in [-0.3, -0.25) is 4.79 Å². The van der Waals surface area contributed by atoms with E-state index < -0.39 is 0 Å². The van der Waals surface area contributed by atoms with Crippen LogP contribution in [0.5, 0.6) is 23.0 Å². The number of thioether (sulfide) groups is 1. The molecule has 2 aromatic carbocycles. The number of methoxy groups -OCH3 is 2. The maximum Gasteiger partial charge on any atom is 0.204 e. The number of ether oxygens (including phenoxy) is 4. The molecule has 0 aliphatic carbocycles. The molecule has 0 fully saturated rings. The van der Waals surface area contributed by atoms with Crippen molar-refractivity contribution in [2.75, 3.05) is 26.4 Å². The molecule has 1 aromatic heterocycles. The Hall–Kier alpha value is -2.45. The molecule has 3 rings (SSSR count). The van der Waals surface area contributed by atoms with Crippen molar-refractivity contribution in [3.05, 3.63) is 46.6 Å². The molecule has 0 aliphatic rings. The molecular formula is C22H24O6S2. The van der Waals surface area contributed by atoms with Gasteiger partial charge in [0.05, 0.1) is 20.3 Å². The van der Waals surface area contributed by atoms with Crippen LogP contribution in [0.25, 0.3) is 11.0 Å². The summed E-state index contributed by atoms with van der Waals surface area (Å²) in [5, 5.41) is 0.781. The average Bonchev–Trinajstić information content (AvgIpc) is 2.71. The van der Waals surface area contributed by atoms with Crippen molar-refractivity contribution in [1.82, 2.24) is 0 Å². The van der Waals surface area contributed by atoms with Gasteiger partial charge in [-0.2, -0.15) is 0 Å². The van der Waals surface area contributed by atoms with Crippen LogP contribution in [0.15, 0.2) is 55.6 Å². The normalized spacial score (nSPS) is 11.0. The largest absolute Gasteiger partial charge is 0.492 e. The first-order valence-electron chi connectivity index (χ1n) is 9.26. The van der Waals surface area contributed by atoms with Gasteiger partial charge in [0.25, 0.3) is 0 Å². The van der Waals surface area contributed by atoms with E-state index in [1.807, 2.05) is 44.4 Å². The first kappa shape index (κ1) is 22.2. The Balaban J connectivity index is 2.00. The summed E-state index contributed by atoms with van der Waals surface area (Å²) in [6, 6.07) is 10.7. The maximum absolute atomic E-state index is 12.9. The maximum atomic E-state index is 12.9. The lowest BCUT2D eigenvalue weighted by atomic mass is 10.1. The highest BCUT2D eigenvalue weighted by atomic mass is 32.2.